The van der Waals surface area contributed by atoms with Gasteiger partial charge in [0, 0.05) is 36.6 Å². The highest BCUT2D eigenvalue weighted by Crippen LogP contribution is 2.35. The third-order valence-corrected chi connectivity index (χ3v) is 5.31. The lowest BCUT2D eigenvalue weighted by molar-refractivity contribution is 0.0663. The molecule has 1 aliphatic heterocycles. The van der Waals surface area contributed by atoms with Crippen LogP contribution in [-0.2, 0) is 6.54 Å². The molecule has 6 nitrogen and oxygen atoms in total. The first-order valence-electron chi connectivity index (χ1n) is 9.47. The topological polar surface area (TPSA) is 52.9 Å². The van der Waals surface area contributed by atoms with E-state index in [9.17, 15) is 4.79 Å². The maximum absolute atomic E-state index is 13.6. The summed E-state index contributed by atoms with van der Waals surface area (Å²) in [5.74, 6) is 1.88. The van der Waals surface area contributed by atoms with Crippen LogP contribution in [0.3, 0.4) is 0 Å². The molecule has 4 rings (SSSR count). The number of ether oxygens (including phenoxy) is 3. The van der Waals surface area contributed by atoms with Gasteiger partial charge in [0.05, 0.1) is 27.4 Å². The van der Waals surface area contributed by atoms with Gasteiger partial charge in [-0.05, 0) is 42.0 Å². The second kappa shape index (κ2) is 7.91. The minimum atomic E-state index is -0.210. The standard InChI is InChI=1S/C23H24N2O4/c1-27-18-7-4-6-16(12-18)22-21-8-5-9-24(21)10-11-25(22)23(26)17-13-19(28-2)15-20(14-17)29-3/h4-9,12-15,22H,10-11H2,1-3H3. The van der Waals surface area contributed by atoms with Crippen molar-refractivity contribution in [2.24, 2.45) is 0 Å². The molecule has 3 aromatic rings. The molecule has 0 aliphatic carbocycles. The first-order valence-corrected chi connectivity index (χ1v) is 9.47. The van der Waals surface area contributed by atoms with E-state index in [0.29, 0.717) is 23.6 Å². The quantitative estimate of drug-likeness (QED) is 0.663. The number of aromatic nitrogens is 1. The number of nitrogens with zero attached hydrogens (tertiary/aromatic N) is 2. The van der Waals surface area contributed by atoms with Crippen LogP contribution in [-0.4, -0.2) is 43.2 Å². The van der Waals surface area contributed by atoms with Crippen LogP contribution in [0.1, 0.15) is 27.7 Å². The zero-order valence-electron chi connectivity index (χ0n) is 16.8. The van der Waals surface area contributed by atoms with Crippen LogP contribution >= 0.6 is 0 Å². The van der Waals surface area contributed by atoms with Crippen LogP contribution in [0.15, 0.2) is 60.8 Å². The summed E-state index contributed by atoms with van der Waals surface area (Å²) in [6.07, 6.45) is 2.05. The highest BCUT2D eigenvalue weighted by atomic mass is 16.5. The first-order chi connectivity index (χ1) is 14.1. The minimum Gasteiger partial charge on any atom is -0.497 e. The van der Waals surface area contributed by atoms with E-state index < -0.39 is 0 Å². The van der Waals surface area contributed by atoms with Gasteiger partial charge in [-0.3, -0.25) is 4.79 Å². The molecule has 1 amide bonds. The monoisotopic (exact) mass is 392 g/mol. The fourth-order valence-electron chi connectivity index (χ4n) is 3.86. The smallest absolute Gasteiger partial charge is 0.255 e. The molecule has 6 heteroatoms. The molecule has 1 aromatic heterocycles. The van der Waals surface area contributed by atoms with Gasteiger partial charge in [0.15, 0.2) is 0 Å². The maximum Gasteiger partial charge on any atom is 0.255 e. The molecule has 0 saturated heterocycles. The third kappa shape index (κ3) is 3.53. The Labute approximate surface area is 170 Å². The average molecular weight is 392 g/mol. The number of fused-ring (bicyclic) bond motifs is 1. The fraction of sp³-hybridized carbons (Fsp3) is 0.261. The van der Waals surface area contributed by atoms with Crippen molar-refractivity contribution in [2.75, 3.05) is 27.9 Å². The van der Waals surface area contributed by atoms with Crippen molar-refractivity contribution in [3.05, 3.63) is 77.6 Å². The summed E-state index contributed by atoms with van der Waals surface area (Å²) in [6.45, 7) is 1.34. The predicted octanol–water partition coefficient (Wildman–Crippen LogP) is 3.76. The minimum absolute atomic E-state index is 0.0672. The lowest BCUT2D eigenvalue weighted by Crippen LogP contribution is -2.42. The largest absolute Gasteiger partial charge is 0.497 e. The van der Waals surface area contributed by atoms with E-state index in [-0.39, 0.29) is 11.9 Å². The molecule has 1 aliphatic rings. The van der Waals surface area contributed by atoms with Crippen molar-refractivity contribution in [1.29, 1.82) is 0 Å². The Hall–Kier alpha value is -3.41. The van der Waals surface area contributed by atoms with E-state index in [1.54, 1.807) is 39.5 Å². The van der Waals surface area contributed by atoms with Gasteiger partial charge in [0.1, 0.15) is 17.2 Å². The molecule has 2 aromatic carbocycles. The molecule has 0 bridgehead atoms. The summed E-state index contributed by atoms with van der Waals surface area (Å²) in [4.78, 5) is 15.5. The van der Waals surface area contributed by atoms with E-state index in [2.05, 4.69) is 16.8 Å². The lowest BCUT2D eigenvalue weighted by atomic mass is 9.98. The zero-order valence-corrected chi connectivity index (χ0v) is 16.8. The van der Waals surface area contributed by atoms with Gasteiger partial charge in [0.25, 0.3) is 5.91 Å². The van der Waals surface area contributed by atoms with Crippen LogP contribution in [0, 0.1) is 0 Å². The summed E-state index contributed by atoms with van der Waals surface area (Å²) < 4.78 is 18.3. The Morgan fingerprint density at radius 1 is 0.862 bits per heavy atom. The van der Waals surface area contributed by atoms with E-state index in [1.165, 1.54) is 0 Å². The van der Waals surface area contributed by atoms with E-state index in [0.717, 1.165) is 23.6 Å². The number of rotatable bonds is 5. The molecule has 29 heavy (non-hydrogen) atoms. The predicted molar refractivity (Wildman–Crippen MR) is 110 cm³/mol. The summed E-state index contributed by atoms with van der Waals surface area (Å²) in [6, 6.07) is 17.0. The highest BCUT2D eigenvalue weighted by Gasteiger charge is 2.33. The zero-order chi connectivity index (χ0) is 20.4. The molecule has 1 unspecified atom stereocenters. The number of amides is 1. The van der Waals surface area contributed by atoms with Crippen LogP contribution in [0.2, 0.25) is 0 Å². The number of benzene rings is 2. The molecule has 0 N–H and O–H groups in total. The van der Waals surface area contributed by atoms with Gasteiger partial charge < -0.3 is 23.7 Å². The van der Waals surface area contributed by atoms with E-state index in [1.807, 2.05) is 35.2 Å². The molecule has 0 saturated carbocycles. The van der Waals surface area contributed by atoms with Crippen molar-refractivity contribution in [3.8, 4) is 17.2 Å². The molecular formula is C23H24N2O4. The number of hydrogen-bond donors (Lipinski definition) is 0. The van der Waals surface area contributed by atoms with Gasteiger partial charge in [0.2, 0.25) is 0 Å². The number of methoxy groups -OCH3 is 3. The van der Waals surface area contributed by atoms with Gasteiger partial charge in [-0.15, -0.1) is 0 Å². The maximum atomic E-state index is 13.6. The Bertz CT molecular complexity index is 1000. The number of carbonyl (C=O) groups excluding carboxylic acids is 1. The SMILES string of the molecule is COc1cc(OC)cc(C(=O)N2CCn3cccc3C2c2cccc(OC)c2)c1. The van der Waals surface area contributed by atoms with Gasteiger partial charge in [-0.1, -0.05) is 12.1 Å². The van der Waals surface area contributed by atoms with Crippen molar-refractivity contribution in [3.63, 3.8) is 0 Å². The van der Waals surface area contributed by atoms with Crippen LogP contribution < -0.4 is 14.2 Å². The Morgan fingerprint density at radius 2 is 1.59 bits per heavy atom. The molecular weight excluding hydrogens is 368 g/mol. The van der Waals surface area contributed by atoms with Crippen molar-refractivity contribution in [2.45, 2.75) is 12.6 Å². The Balaban J connectivity index is 1.78. The average Bonchev–Trinajstić information content (AvgIpc) is 3.26. The number of carbonyl (C=O) groups is 1. The molecule has 1 atom stereocenters. The fourth-order valence-corrected chi connectivity index (χ4v) is 3.86. The second-order valence-corrected chi connectivity index (χ2v) is 6.91. The first kappa shape index (κ1) is 18.9. The second-order valence-electron chi connectivity index (χ2n) is 6.91. The van der Waals surface area contributed by atoms with Gasteiger partial charge in [-0.25, -0.2) is 0 Å². The summed E-state index contributed by atoms with van der Waals surface area (Å²) in [7, 11) is 4.81. The summed E-state index contributed by atoms with van der Waals surface area (Å²) >= 11 is 0. The third-order valence-electron chi connectivity index (χ3n) is 5.31. The van der Waals surface area contributed by atoms with Crippen LogP contribution in [0.5, 0.6) is 17.2 Å². The van der Waals surface area contributed by atoms with E-state index >= 15 is 0 Å². The molecule has 150 valence electrons. The van der Waals surface area contributed by atoms with Crippen LogP contribution in [0.25, 0.3) is 0 Å². The molecule has 0 radical (unpaired) electrons. The summed E-state index contributed by atoms with van der Waals surface area (Å²) in [5.41, 5.74) is 2.62. The molecule has 2 heterocycles. The molecule has 0 spiro atoms. The van der Waals surface area contributed by atoms with Crippen molar-refractivity contribution >= 4 is 5.91 Å². The van der Waals surface area contributed by atoms with Crippen molar-refractivity contribution < 1.29 is 19.0 Å². The lowest BCUT2D eigenvalue weighted by Gasteiger charge is -2.37. The highest BCUT2D eigenvalue weighted by molar-refractivity contribution is 5.95. The van der Waals surface area contributed by atoms with E-state index in [4.69, 9.17) is 14.2 Å². The number of hydrogen-bond acceptors (Lipinski definition) is 4. The van der Waals surface area contributed by atoms with Gasteiger partial charge >= 0.3 is 0 Å². The van der Waals surface area contributed by atoms with Crippen LogP contribution in [0.4, 0.5) is 0 Å². The Morgan fingerprint density at radius 3 is 2.28 bits per heavy atom. The summed E-state index contributed by atoms with van der Waals surface area (Å²) in [5, 5.41) is 0. The Kier molecular flexibility index (Phi) is 5.16. The van der Waals surface area contributed by atoms with Gasteiger partial charge in [-0.2, -0.15) is 0 Å². The van der Waals surface area contributed by atoms with Crippen molar-refractivity contribution in [1.82, 2.24) is 9.47 Å². The molecule has 0 fully saturated rings. The normalized spacial score (nSPS) is 15.6.